The highest BCUT2D eigenvalue weighted by molar-refractivity contribution is 6.05. The first-order valence-corrected chi connectivity index (χ1v) is 6.67. The Balaban J connectivity index is 2.07. The molecule has 1 aromatic rings. The average molecular weight is 278 g/mol. The van der Waals surface area contributed by atoms with Crippen LogP contribution in [0.25, 0.3) is 0 Å². The molecule has 1 aliphatic carbocycles. The maximum absolute atomic E-state index is 12.5. The number of benzene rings is 1. The van der Waals surface area contributed by atoms with Gasteiger partial charge in [0.25, 0.3) is 0 Å². The van der Waals surface area contributed by atoms with E-state index in [0.29, 0.717) is 11.1 Å². The van der Waals surface area contributed by atoms with E-state index in [2.05, 4.69) is 0 Å². The molecular formula is C15H18O5. The van der Waals surface area contributed by atoms with E-state index < -0.39 is 35.3 Å². The number of ketones is 1. The number of aliphatic hydroxyl groups excluding tert-OH is 1. The van der Waals surface area contributed by atoms with E-state index in [9.17, 15) is 20.1 Å². The van der Waals surface area contributed by atoms with Crippen LogP contribution in [0.1, 0.15) is 42.3 Å². The average Bonchev–Trinajstić information content (AvgIpc) is 2.76. The normalized spacial score (nSPS) is 36.6. The van der Waals surface area contributed by atoms with Crippen molar-refractivity contribution in [3.63, 3.8) is 0 Å². The van der Waals surface area contributed by atoms with Crippen LogP contribution in [0, 0.1) is 0 Å². The number of hydrogen-bond donors (Lipinski definition) is 3. The first kappa shape index (κ1) is 13.7. The summed E-state index contributed by atoms with van der Waals surface area (Å²) in [4.78, 5) is 12.5. The number of carbonyl (C=O) groups is 1. The minimum atomic E-state index is -1.78. The van der Waals surface area contributed by atoms with Gasteiger partial charge in [0.05, 0.1) is 11.7 Å². The first-order chi connectivity index (χ1) is 9.25. The van der Waals surface area contributed by atoms with Gasteiger partial charge >= 0.3 is 0 Å². The molecule has 3 rings (SSSR count). The molecule has 1 heterocycles. The van der Waals surface area contributed by atoms with Crippen LogP contribution < -0.4 is 0 Å². The Morgan fingerprint density at radius 2 is 2.00 bits per heavy atom. The minimum absolute atomic E-state index is 0.0224. The molecule has 108 valence electrons. The number of ether oxygens (including phenoxy) is 1. The van der Waals surface area contributed by atoms with Crippen LogP contribution in [0.4, 0.5) is 0 Å². The lowest BCUT2D eigenvalue weighted by Gasteiger charge is -2.36. The van der Waals surface area contributed by atoms with E-state index in [-0.39, 0.29) is 6.42 Å². The predicted octanol–water partition coefficient (Wildman–Crippen LogP) is 0.576. The monoisotopic (exact) mass is 278 g/mol. The molecule has 1 aromatic carbocycles. The van der Waals surface area contributed by atoms with Crippen LogP contribution in [-0.2, 0) is 4.74 Å². The van der Waals surface area contributed by atoms with E-state index in [1.165, 1.54) is 0 Å². The second kappa shape index (κ2) is 4.11. The van der Waals surface area contributed by atoms with Crippen LogP contribution in [0.15, 0.2) is 24.3 Å². The maximum atomic E-state index is 12.5. The van der Waals surface area contributed by atoms with Crippen molar-refractivity contribution in [2.45, 2.75) is 49.8 Å². The topological polar surface area (TPSA) is 87.0 Å². The number of carbonyl (C=O) groups excluding carboxylic acids is 1. The molecule has 20 heavy (non-hydrogen) atoms. The Hall–Kier alpha value is -1.27. The fourth-order valence-corrected chi connectivity index (χ4v) is 3.07. The highest BCUT2D eigenvalue weighted by atomic mass is 16.6. The van der Waals surface area contributed by atoms with Crippen LogP contribution >= 0.6 is 0 Å². The van der Waals surface area contributed by atoms with Gasteiger partial charge in [0.1, 0.15) is 12.2 Å². The molecule has 0 bridgehead atoms. The molecule has 0 unspecified atom stereocenters. The molecule has 4 atom stereocenters. The molecule has 0 radical (unpaired) electrons. The molecule has 2 aliphatic rings. The summed E-state index contributed by atoms with van der Waals surface area (Å²) in [6.45, 7) is 3.12. The third kappa shape index (κ3) is 1.74. The van der Waals surface area contributed by atoms with Gasteiger partial charge in [-0.25, -0.2) is 0 Å². The van der Waals surface area contributed by atoms with Gasteiger partial charge in [0.15, 0.2) is 11.4 Å². The molecule has 0 aromatic heterocycles. The van der Waals surface area contributed by atoms with Gasteiger partial charge in [0, 0.05) is 12.0 Å². The standard InChI is InChI=1S/C15H18O5/c1-14(2,18)10-7-15(19)12(17)9-6-4-3-5-8(9)11(16)13(15)20-10/h3-6,10-11,13,16,18-19H,7H2,1-2H3/t10-,11+,13-,15-/m0/s1. The quantitative estimate of drug-likeness (QED) is 0.699. The van der Waals surface area contributed by atoms with Gasteiger partial charge in [-0.15, -0.1) is 0 Å². The van der Waals surface area contributed by atoms with E-state index >= 15 is 0 Å². The summed E-state index contributed by atoms with van der Waals surface area (Å²) >= 11 is 0. The summed E-state index contributed by atoms with van der Waals surface area (Å²) in [5.74, 6) is -0.449. The van der Waals surface area contributed by atoms with Crippen molar-refractivity contribution in [2.24, 2.45) is 0 Å². The van der Waals surface area contributed by atoms with Crippen LogP contribution in [0.3, 0.4) is 0 Å². The molecule has 1 saturated heterocycles. The molecule has 5 nitrogen and oxygen atoms in total. The van der Waals surface area contributed by atoms with Crippen LogP contribution in [0.2, 0.25) is 0 Å². The molecule has 3 N–H and O–H groups in total. The minimum Gasteiger partial charge on any atom is -0.388 e. The summed E-state index contributed by atoms with van der Waals surface area (Å²) in [7, 11) is 0. The fraction of sp³-hybridized carbons (Fsp3) is 0.533. The highest BCUT2D eigenvalue weighted by Crippen LogP contribution is 2.47. The predicted molar refractivity (Wildman–Crippen MR) is 70.3 cm³/mol. The Morgan fingerprint density at radius 1 is 1.35 bits per heavy atom. The SMILES string of the molecule is CC(C)(O)[C@@H]1C[C@]2(O)C(=O)c3ccccc3[C@@H](O)[C@@H]2O1. The van der Waals surface area contributed by atoms with Gasteiger partial charge in [0.2, 0.25) is 0 Å². The number of Topliss-reactive ketones (excluding diaryl/α,β-unsaturated/α-hetero) is 1. The van der Waals surface area contributed by atoms with Gasteiger partial charge < -0.3 is 20.1 Å². The van der Waals surface area contributed by atoms with Crippen LogP contribution in [0.5, 0.6) is 0 Å². The second-order valence-corrected chi connectivity index (χ2v) is 6.19. The summed E-state index contributed by atoms with van der Waals surface area (Å²) in [6.07, 6.45) is -2.85. The third-order valence-electron chi connectivity index (χ3n) is 4.27. The van der Waals surface area contributed by atoms with Gasteiger partial charge in [-0.3, -0.25) is 4.79 Å². The molecule has 0 amide bonds. The van der Waals surface area contributed by atoms with Gasteiger partial charge in [-0.1, -0.05) is 24.3 Å². The summed E-state index contributed by atoms with van der Waals surface area (Å²) < 4.78 is 5.60. The number of fused-ring (bicyclic) bond motifs is 2. The van der Waals surface area contributed by atoms with E-state index in [1.807, 2.05) is 0 Å². The van der Waals surface area contributed by atoms with Gasteiger partial charge in [-0.2, -0.15) is 0 Å². The van der Waals surface area contributed by atoms with Crippen molar-refractivity contribution in [2.75, 3.05) is 0 Å². The summed E-state index contributed by atoms with van der Waals surface area (Å²) in [6, 6.07) is 6.66. The lowest BCUT2D eigenvalue weighted by molar-refractivity contribution is -0.130. The Morgan fingerprint density at radius 3 is 2.65 bits per heavy atom. The first-order valence-electron chi connectivity index (χ1n) is 6.67. The largest absolute Gasteiger partial charge is 0.388 e. The molecule has 0 saturated carbocycles. The van der Waals surface area contributed by atoms with Crippen molar-refractivity contribution in [1.82, 2.24) is 0 Å². The maximum Gasteiger partial charge on any atom is 0.197 e. The Bertz CT molecular complexity index is 562. The number of rotatable bonds is 1. The fourth-order valence-electron chi connectivity index (χ4n) is 3.07. The van der Waals surface area contributed by atoms with Crippen molar-refractivity contribution in [3.8, 4) is 0 Å². The molecule has 1 aliphatic heterocycles. The van der Waals surface area contributed by atoms with Gasteiger partial charge in [-0.05, 0) is 19.4 Å². The van der Waals surface area contributed by atoms with Crippen molar-refractivity contribution < 1.29 is 24.9 Å². The zero-order chi connectivity index (χ0) is 14.7. The third-order valence-corrected chi connectivity index (χ3v) is 4.27. The molecule has 5 heteroatoms. The molecule has 0 spiro atoms. The zero-order valence-electron chi connectivity index (χ0n) is 11.4. The number of hydrogen-bond acceptors (Lipinski definition) is 5. The number of aliphatic hydroxyl groups is 3. The lowest BCUT2D eigenvalue weighted by Crippen LogP contribution is -2.52. The van der Waals surface area contributed by atoms with Crippen molar-refractivity contribution in [1.29, 1.82) is 0 Å². The molecular weight excluding hydrogens is 260 g/mol. The van der Waals surface area contributed by atoms with E-state index in [1.54, 1.807) is 38.1 Å². The van der Waals surface area contributed by atoms with E-state index in [4.69, 9.17) is 4.74 Å². The Kier molecular flexibility index (Phi) is 2.82. The van der Waals surface area contributed by atoms with Crippen LogP contribution in [-0.4, -0.2) is 44.5 Å². The van der Waals surface area contributed by atoms with Crippen molar-refractivity contribution in [3.05, 3.63) is 35.4 Å². The van der Waals surface area contributed by atoms with Crippen molar-refractivity contribution >= 4 is 5.78 Å². The molecule has 1 fully saturated rings. The highest BCUT2D eigenvalue weighted by Gasteiger charge is 2.61. The Labute approximate surface area is 116 Å². The second-order valence-electron chi connectivity index (χ2n) is 6.19. The zero-order valence-corrected chi connectivity index (χ0v) is 11.4. The smallest absolute Gasteiger partial charge is 0.197 e. The van der Waals surface area contributed by atoms with E-state index in [0.717, 1.165) is 0 Å². The lowest BCUT2D eigenvalue weighted by atomic mass is 9.74. The summed E-state index contributed by atoms with van der Waals surface area (Å²) in [5.41, 5.74) is -2.19. The summed E-state index contributed by atoms with van der Waals surface area (Å²) in [5, 5.41) is 31.1.